The third kappa shape index (κ3) is 3.17. The first-order chi connectivity index (χ1) is 13.5. The minimum absolute atomic E-state index is 0.180. The molecular weight excluding hydrogens is 365 g/mol. The van der Waals surface area contributed by atoms with Crippen molar-refractivity contribution in [2.24, 2.45) is 0 Å². The normalized spacial score (nSPS) is 18.9. The molecule has 1 atom stereocenters. The predicted octanol–water partition coefficient (Wildman–Crippen LogP) is 2.12. The molecule has 1 N–H and O–H groups in total. The third-order valence-electron chi connectivity index (χ3n) is 5.43. The second-order valence-electron chi connectivity index (χ2n) is 7.27. The van der Waals surface area contributed by atoms with E-state index in [0.29, 0.717) is 31.0 Å². The number of aryl methyl sites for hydroxylation is 1. The Morgan fingerprint density at radius 1 is 1.36 bits per heavy atom. The van der Waals surface area contributed by atoms with Crippen LogP contribution in [0.4, 0.5) is 4.39 Å². The first-order valence-electron chi connectivity index (χ1n) is 9.44. The van der Waals surface area contributed by atoms with Crippen molar-refractivity contribution in [3.05, 3.63) is 46.5 Å². The Morgan fingerprint density at radius 2 is 2.18 bits per heavy atom. The first kappa shape index (κ1) is 18.6. The van der Waals surface area contributed by atoms with Gasteiger partial charge in [-0.25, -0.2) is 9.07 Å². The van der Waals surface area contributed by atoms with Crippen LogP contribution in [0, 0.1) is 12.7 Å². The summed E-state index contributed by atoms with van der Waals surface area (Å²) in [6.07, 6.45) is 2.13. The molecule has 1 aliphatic heterocycles. The number of carbonyl (C=O) groups is 2. The fraction of sp³-hybridized carbons (Fsp3) is 0.450. The molecule has 1 unspecified atom stereocenters. The van der Waals surface area contributed by atoms with Crippen LogP contribution >= 0.6 is 0 Å². The van der Waals surface area contributed by atoms with Crippen molar-refractivity contribution in [1.82, 2.24) is 14.7 Å². The van der Waals surface area contributed by atoms with Gasteiger partial charge in [0.25, 0.3) is 5.91 Å². The highest BCUT2D eigenvalue weighted by Crippen LogP contribution is 2.31. The van der Waals surface area contributed by atoms with E-state index in [1.807, 2.05) is 13.0 Å². The highest BCUT2D eigenvalue weighted by molar-refractivity contribution is 5.95. The molecule has 0 saturated carbocycles. The van der Waals surface area contributed by atoms with Crippen molar-refractivity contribution in [3.63, 3.8) is 0 Å². The number of hydrogen-bond donors (Lipinski definition) is 1. The van der Waals surface area contributed by atoms with E-state index < -0.39 is 12.0 Å². The number of carboxylic acid groups (broad SMARTS) is 1. The second-order valence-corrected chi connectivity index (χ2v) is 7.27. The topological polar surface area (TPSA) is 84.7 Å². The zero-order valence-electron chi connectivity index (χ0n) is 15.7. The molecule has 8 heteroatoms. The molecule has 1 amide bonds. The number of carbonyl (C=O) groups excluding carboxylic acids is 1. The Morgan fingerprint density at radius 3 is 2.93 bits per heavy atom. The fourth-order valence-corrected chi connectivity index (χ4v) is 4.11. The van der Waals surface area contributed by atoms with Gasteiger partial charge in [-0.2, -0.15) is 5.10 Å². The maximum atomic E-state index is 14.5. The van der Waals surface area contributed by atoms with Gasteiger partial charge in [0.15, 0.2) is 5.69 Å². The number of para-hydroxylation sites is 1. The Bertz CT molecular complexity index is 920. The van der Waals surface area contributed by atoms with E-state index in [2.05, 4.69) is 5.10 Å². The molecule has 0 radical (unpaired) electrons. The molecule has 1 saturated heterocycles. The Kier molecular flexibility index (Phi) is 4.89. The van der Waals surface area contributed by atoms with Crippen molar-refractivity contribution in [2.45, 2.75) is 38.6 Å². The number of benzene rings is 1. The van der Waals surface area contributed by atoms with Crippen LogP contribution in [0.15, 0.2) is 18.2 Å². The summed E-state index contributed by atoms with van der Waals surface area (Å²) in [5.41, 5.74) is 3.11. The number of hydrogen-bond acceptors (Lipinski definition) is 4. The van der Waals surface area contributed by atoms with Gasteiger partial charge in [-0.3, -0.25) is 9.59 Å². The lowest BCUT2D eigenvalue weighted by atomic mass is 10.1. The summed E-state index contributed by atoms with van der Waals surface area (Å²) >= 11 is 0. The van der Waals surface area contributed by atoms with E-state index in [4.69, 9.17) is 9.84 Å². The molecule has 2 heterocycles. The van der Waals surface area contributed by atoms with E-state index in [1.54, 1.807) is 10.7 Å². The summed E-state index contributed by atoms with van der Waals surface area (Å²) in [6, 6.07) is 4.32. The van der Waals surface area contributed by atoms with Gasteiger partial charge >= 0.3 is 5.97 Å². The zero-order chi connectivity index (χ0) is 19.8. The number of halogens is 1. The van der Waals surface area contributed by atoms with Gasteiger partial charge in [-0.15, -0.1) is 0 Å². The van der Waals surface area contributed by atoms with E-state index in [9.17, 15) is 14.0 Å². The average molecular weight is 387 g/mol. The predicted molar refractivity (Wildman–Crippen MR) is 98.2 cm³/mol. The fourth-order valence-electron chi connectivity index (χ4n) is 4.11. The Hall–Kier alpha value is -2.74. The molecule has 2 aromatic rings. The number of morpholine rings is 1. The van der Waals surface area contributed by atoms with Crippen molar-refractivity contribution in [2.75, 3.05) is 19.8 Å². The second kappa shape index (κ2) is 7.35. The standard InChI is InChI=1S/C20H22FN3O4/c1-12-4-2-6-15(21)19(12)24-16-7-3-5-14(16)18(22-24)20(27)23-8-9-28-11-13(23)10-17(25)26/h2,4,6,13H,3,5,7-11H2,1H3,(H,25,26). The van der Waals surface area contributed by atoms with Crippen LogP contribution in [0.3, 0.4) is 0 Å². The number of fused-ring (bicyclic) bond motifs is 1. The summed E-state index contributed by atoms with van der Waals surface area (Å²) in [6.45, 7) is 2.68. The zero-order valence-corrected chi connectivity index (χ0v) is 15.7. The SMILES string of the molecule is Cc1cccc(F)c1-n1nc(C(=O)N2CCOCC2CC(=O)O)c2c1CCC2. The van der Waals surface area contributed by atoms with E-state index >= 15 is 0 Å². The highest BCUT2D eigenvalue weighted by atomic mass is 19.1. The number of rotatable bonds is 4. The largest absolute Gasteiger partial charge is 0.481 e. The van der Waals surface area contributed by atoms with Gasteiger partial charge < -0.3 is 14.7 Å². The Balaban J connectivity index is 1.75. The highest BCUT2D eigenvalue weighted by Gasteiger charge is 2.35. The lowest BCUT2D eigenvalue weighted by Gasteiger charge is -2.34. The van der Waals surface area contributed by atoms with Crippen LogP contribution in [0.25, 0.3) is 5.69 Å². The minimum Gasteiger partial charge on any atom is -0.481 e. The van der Waals surface area contributed by atoms with E-state index in [0.717, 1.165) is 29.7 Å². The maximum Gasteiger partial charge on any atom is 0.305 e. The molecule has 0 bridgehead atoms. The van der Waals surface area contributed by atoms with Gasteiger partial charge in [-0.05, 0) is 37.8 Å². The monoisotopic (exact) mass is 387 g/mol. The maximum absolute atomic E-state index is 14.5. The smallest absolute Gasteiger partial charge is 0.305 e. The molecule has 28 heavy (non-hydrogen) atoms. The van der Waals surface area contributed by atoms with E-state index in [-0.39, 0.29) is 24.8 Å². The summed E-state index contributed by atoms with van der Waals surface area (Å²) in [7, 11) is 0. The molecule has 1 aliphatic carbocycles. The van der Waals surface area contributed by atoms with Crippen LogP contribution < -0.4 is 0 Å². The molecule has 148 valence electrons. The van der Waals surface area contributed by atoms with Crippen LogP contribution in [0.1, 0.15) is 40.2 Å². The number of aromatic nitrogens is 2. The Labute approximate surface area is 161 Å². The lowest BCUT2D eigenvalue weighted by molar-refractivity contribution is -0.139. The van der Waals surface area contributed by atoms with Crippen LogP contribution in [0.2, 0.25) is 0 Å². The summed E-state index contributed by atoms with van der Waals surface area (Å²) in [5.74, 6) is -1.67. The number of nitrogens with zero attached hydrogens (tertiary/aromatic N) is 3. The molecule has 0 spiro atoms. The number of carboxylic acids is 1. The number of ether oxygens (including phenoxy) is 1. The molecule has 1 fully saturated rings. The van der Waals surface area contributed by atoms with E-state index in [1.165, 1.54) is 11.0 Å². The number of amides is 1. The van der Waals surface area contributed by atoms with Crippen LogP contribution in [0.5, 0.6) is 0 Å². The number of aliphatic carboxylic acids is 1. The van der Waals surface area contributed by atoms with Crippen molar-refractivity contribution >= 4 is 11.9 Å². The molecule has 4 rings (SSSR count). The third-order valence-corrected chi connectivity index (χ3v) is 5.43. The van der Waals surface area contributed by atoms with Crippen molar-refractivity contribution < 1.29 is 23.8 Å². The summed E-state index contributed by atoms with van der Waals surface area (Å²) < 4.78 is 21.5. The minimum atomic E-state index is -0.981. The molecule has 1 aromatic heterocycles. The van der Waals surface area contributed by atoms with Crippen LogP contribution in [-0.2, 0) is 22.4 Å². The van der Waals surface area contributed by atoms with Crippen molar-refractivity contribution in [1.29, 1.82) is 0 Å². The van der Waals surface area contributed by atoms with Gasteiger partial charge in [0.05, 0.1) is 25.7 Å². The summed E-state index contributed by atoms with van der Waals surface area (Å²) in [4.78, 5) is 26.0. The molecular formula is C20H22FN3O4. The summed E-state index contributed by atoms with van der Waals surface area (Å²) in [5, 5.41) is 13.7. The van der Waals surface area contributed by atoms with Crippen LogP contribution in [-0.4, -0.2) is 57.5 Å². The van der Waals surface area contributed by atoms with Gasteiger partial charge in [0, 0.05) is 17.8 Å². The first-order valence-corrected chi connectivity index (χ1v) is 9.44. The quantitative estimate of drug-likeness (QED) is 0.869. The molecule has 1 aromatic carbocycles. The average Bonchev–Trinajstić information content (AvgIpc) is 3.25. The molecule has 7 nitrogen and oxygen atoms in total. The van der Waals surface area contributed by atoms with Crippen molar-refractivity contribution in [3.8, 4) is 5.69 Å². The molecule has 2 aliphatic rings. The lowest BCUT2D eigenvalue weighted by Crippen LogP contribution is -2.49. The van der Waals surface area contributed by atoms with Gasteiger partial charge in [0.2, 0.25) is 0 Å². The van der Waals surface area contributed by atoms with Gasteiger partial charge in [-0.1, -0.05) is 12.1 Å². The van der Waals surface area contributed by atoms with Gasteiger partial charge in [0.1, 0.15) is 11.5 Å².